The molecule has 0 unspecified atom stereocenters. The molecule has 0 aromatic heterocycles. The van der Waals surface area contributed by atoms with Gasteiger partial charge in [0.25, 0.3) is 0 Å². The first kappa shape index (κ1) is 12.2. The summed E-state index contributed by atoms with van der Waals surface area (Å²) < 4.78 is 4.32. The van der Waals surface area contributed by atoms with Crippen LogP contribution in [0.15, 0.2) is 5.22 Å². The monoisotopic (exact) mass is 300 g/mol. The van der Waals surface area contributed by atoms with Crippen molar-refractivity contribution in [3.63, 3.8) is 0 Å². The molecule has 13 heavy (non-hydrogen) atoms. The second-order valence-electron chi connectivity index (χ2n) is 2.19. The molecule has 0 saturated carbocycles. The van der Waals surface area contributed by atoms with Gasteiger partial charge in [0.05, 0.1) is 0 Å². The minimum atomic E-state index is -0.812. The van der Waals surface area contributed by atoms with Crippen LogP contribution >= 0.6 is 23.0 Å². The highest BCUT2D eigenvalue weighted by Crippen LogP contribution is 1.99. The quantitative estimate of drug-likeness (QED) is 0.377. The van der Waals surface area contributed by atoms with Gasteiger partial charge in [-0.05, 0) is 6.42 Å². The predicted molar refractivity (Wildman–Crippen MR) is 50.6 cm³/mol. The third-order valence-electron chi connectivity index (χ3n) is 1.24. The number of rotatable bonds is 5. The van der Waals surface area contributed by atoms with Crippen molar-refractivity contribution >= 4 is 34.9 Å². The molecule has 0 radical (unpaired) electrons. The molecule has 0 aliphatic heterocycles. The van der Waals surface area contributed by atoms with Crippen molar-refractivity contribution in [3.05, 3.63) is 0 Å². The number of hydrogen-bond acceptors (Lipinski definition) is 6. The van der Waals surface area contributed by atoms with E-state index in [-0.39, 0.29) is 12.8 Å². The highest BCUT2D eigenvalue weighted by Gasteiger charge is 2.15. The third-order valence-corrected chi connectivity index (χ3v) is 1.68. The van der Waals surface area contributed by atoms with Crippen LogP contribution < -0.4 is 11.2 Å². The zero-order valence-electron chi connectivity index (χ0n) is 6.62. The second-order valence-corrected chi connectivity index (χ2v) is 2.63. The van der Waals surface area contributed by atoms with Gasteiger partial charge in [0.2, 0.25) is 5.91 Å². The lowest BCUT2D eigenvalue weighted by atomic mass is 10.2. The van der Waals surface area contributed by atoms with Gasteiger partial charge in [-0.15, -0.1) is 0 Å². The van der Waals surface area contributed by atoms with E-state index in [1.54, 1.807) is 0 Å². The van der Waals surface area contributed by atoms with E-state index in [0.717, 1.165) is 0 Å². The zero-order valence-corrected chi connectivity index (χ0v) is 8.78. The maximum absolute atomic E-state index is 10.7. The molecule has 8 heteroatoms. The van der Waals surface area contributed by atoms with Crippen LogP contribution in [-0.2, 0) is 12.7 Å². The van der Waals surface area contributed by atoms with E-state index in [1.807, 2.05) is 5.43 Å². The molecular weight excluding hydrogens is 291 g/mol. The fourth-order valence-electron chi connectivity index (χ4n) is 0.580. The number of nitrogens with zero attached hydrogens (tertiary/aromatic N) is 1. The van der Waals surface area contributed by atoms with Crippen LogP contribution in [0.4, 0.5) is 0 Å². The van der Waals surface area contributed by atoms with Crippen LogP contribution in [0.1, 0.15) is 12.8 Å². The molecule has 0 rings (SSSR count). The Hall–Kier alpha value is -0.770. The summed E-state index contributed by atoms with van der Waals surface area (Å²) in [5.41, 5.74) is 13.5. The molecule has 4 N–H and O–H groups in total. The molecule has 0 fully saturated rings. The van der Waals surface area contributed by atoms with Gasteiger partial charge in [-0.3, -0.25) is 4.79 Å². The van der Waals surface area contributed by atoms with Gasteiger partial charge < -0.3 is 8.80 Å². The summed E-state index contributed by atoms with van der Waals surface area (Å²) in [6, 6.07) is -0.812. The molecule has 0 aromatic rings. The first-order valence-corrected chi connectivity index (χ1v) is 4.23. The molecule has 1 atom stereocenters. The summed E-state index contributed by atoms with van der Waals surface area (Å²) in [6.07, 6.45) is 0.207. The van der Waals surface area contributed by atoms with Crippen LogP contribution in [-0.4, -0.2) is 17.9 Å². The molecule has 7 nitrogen and oxygen atoms in total. The largest absolute Gasteiger partial charge is 0.393 e. The van der Waals surface area contributed by atoms with Gasteiger partial charge in [-0.2, -0.15) is 5.53 Å². The van der Waals surface area contributed by atoms with Crippen molar-refractivity contribution in [3.8, 4) is 0 Å². The Morgan fingerprint density at radius 2 is 2.31 bits per heavy atom. The lowest BCUT2D eigenvalue weighted by Gasteiger charge is -2.05. The van der Waals surface area contributed by atoms with E-state index in [0.29, 0.717) is 0 Å². The van der Waals surface area contributed by atoms with E-state index in [1.165, 1.54) is 23.0 Å². The number of nitrogens with two attached hydrogens (primary N) is 1. The Labute approximate surface area is 88.5 Å². The molecule has 0 aromatic carbocycles. The first-order valence-electron chi connectivity index (χ1n) is 3.35. The summed E-state index contributed by atoms with van der Waals surface area (Å²) in [6.45, 7) is 0. The van der Waals surface area contributed by atoms with Crippen LogP contribution in [0.25, 0.3) is 0 Å². The van der Waals surface area contributed by atoms with Crippen LogP contribution in [0.3, 0.4) is 0 Å². The van der Waals surface area contributed by atoms with E-state index in [4.69, 9.17) is 11.3 Å². The summed E-state index contributed by atoms with van der Waals surface area (Å²) in [5.74, 6) is -1.03. The van der Waals surface area contributed by atoms with Gasteiger partial charge in [-0.25, -0.2) is 10.2 Å². The van der Waals surface area contributed by atoms with Gasteiger partial charge >= 0.3 is 5.97 Å². The molecular formula is C5H9IN4O3. The molecule has 1 amide bonds. The highest BCUT2D eigenvalue weighted by atomic mass is 127. The SMILES string of the molecule is N=NNC(=O)CC[C@H](N)C(=O)OI. The Morgan fingerprint density at radius 3 is 2.77 bits per heavy atom. The number of carbonyl (C=O) groups excluding carboxylic acids is 2. The minimum absolute atomic E-state index is 0.0370. The normalized spacial score (nSPS) is 11.5. The second kappa shape index (κ2) is 6.71. The fraction of sp³-hybridized carbons (Fsp3) is 0.600. The number of amides is 1. The number of halogens is 1. The summed E-state index contributed by atoms with van der Waals surface area (Å²) in [5, 5.41) is 2.67. The van der Waals surface area contributed by atoms with Crippen molar-refractivity contribution in [2.24, 2.45) is 11.0 Å². The summed E-state index contributed by atoms with van der Waals surface area (Å²) in [7, 11) is 0. The maximum atomic E-state index is 10.7. The number of carbonyl (C=O) groups is 2. The molecule has 0 bridgehead atoms. The van der Waals surface area contributed by atoms with Crippen LogP contribution in [0.5, 0.6) is 0 Å². The topological polar surface area (TPSA) is 118 Å². The van der Waals surface area contributed by atoms with Crippen molar-refractivity contribution in [2.75, 3.05) is 0 Å². The predicted octanol–water partition coefficient (Wildman–Crippen LogP) is 0.0493. The lowest BCUT2D eigenvalue weighted by Crippen LogP contribution is -2.32. The maximum Gasteiger partial charge on any atom is 0.332 e. The highest BCUT2D eigenvalue weighted by molar-refractivity contribution is 14.1. The third kappa shape index (κ3) is 5.47. The van der Waals surface area contributed by atoms with Gasteiger partial charge in [0, 0.05) is 6.42 Å². The van der Waals surface area contributed by atoms with Crippen molar-refractivity contribution in [1.29, 1.82) is 5.53 Å². The molecule has 0 aliphatic carbocycles. The smallest absolute Gasteiger partial charge is 0.332 e. The Kier molecular flexibility index (Phi) is 6.32. The molecule has 0 spiro atoms. The average Bonchev–Trinajstić information content (AvgIpc) is 2.13. The minimum Gasteiger partial charge on any atom is -0.393 e. The van der Waals surface area contributed by atoms with E-state index in [2.05, 4.69) is 8.29 Å². The Balaban J connectivity index is 3.69. The molecule has 74 valence electrons. The van der Waals surface area contributed by atoms with Crippen LogP contribution in [0.2, 0.25) is 0 Å². The van der Waals surface area contributed by atoms with E-state index in [9.17, 15) is 9.59 Å². The van der Waals surface area contributed by atoms with Gasteiger partial charge in [0.15, 0.2) is 23.0 Å². The first-order chi connectivity index (χ1) is 6.11. The van der Waals surface area contributed by atoms with Gasteiger partial charge in [0.1, 0.15) is 6.04 Å². The van der Waals surface area contributed by atoms with Gasteiger partial charge in [-0.1, -0.05) is 5.22 Å². The molecule has 0 saturated heterocycles. The fourth-order valence-corrected chi connectivity index (χ4v) is 0.907. The number of nitrogens with one attached hydrogen (secondary N) is 2. The molecule has 0 aliphatic rings. The lowest BCUT2D eigenvalue weighted by molar-refractivity contribution is -0.133. The molecule has 0 heterocycles. The van der Waals surface area contributed by atoms with E-state index < -0.39 is 17.9 Å². The van der Waals surface area contributed by atoms with Crippen molar-refractivity contribution in [1.82, 2.24) is 5.43 Å². The van der Waals surface area contributed by atoms with E-state index >= 15 is 0 Å². The Bertz CT molecular complexity index is 210. The summed E-state index contributed by atoms with van der Waals surface area (Å²) in [4.78, 5) is 21.5. The Morgan fingerprint density at radius 1 is 1.69 bits per heavy atom. The zero-order chi connectivity index (χ0) is 10.3. The number of hydrogen-bond donors (Lipinski definition) is 3. The summed E-state index contributed by atoms with van der Waals surface area (Å²) >= 11 is 1.42. The average molecular weight is 300 g/mol. The van der Waals surface area contributed by atoms with Crippen LogP contribution in [0, 0.1) is 5.53 Å². The van der Waals surface area contributed by atoms with Crippen molar-refractivity contribution < 1.29 is 12.7 Å². The van der Waals surface area contributed by atoms with Crippen molar-refractivity contribution in [2.45, 2.75) is 18.9 Å². The standard InChI is InChI=1S/C5H9IN4O3/c6-13-5(12)3(7)1-2-4(11)9-10-8/h3H,1-2,7H2,(H2,8,9,11)/t3-/m0/s1.